The number of halogens is 1. The van der Waals surface area contributed by atoms with Crippen LogP contribution in [0.3, 0.4) is 0 Å². The second-order valence-corrected chi connectivity index (χ2v) is 5.51. The Labute approximate surface area is 136 Å². The van der Waals surface area contributed by atoms with E-state index in [9.17, 15) is 14.4 Å². The molecule has 0 N–H and O–H groups in total. The second-order valence-electron chi connectivity index (χ2n) is 2.29. The van der Waals surface area contributed by atoms with Crippen molar-refractivity contribution < 1.29 is 73.5 Å². The Morgan fingerprint density at radius 1 is 1.14 bits per heavy atom. The molecule has 0 aliphatic rings. The minimum absolute atomic E-state index is 0. The van der Waals surface area contributed by atoms with Gasteiger partial charge in [0.1, 0.15) is 0 Å². The molecular formula is C7H6BrNa2O3P. The molecule has 0 bridgehead atoms. The van der Waals surface area contributed by atoms with E-state index in [0.29, 0.717) is 5.56 Å². The van der Waals surface area contributed by atoms with Crippen molar-refractivity contribution in [1.29, 1.82) is 0 Å². The monoisotopic (exact) mass is 294 g/mol. The molecule has 7 heteroatoms. The van der Waals surface area contributed by atoms with E-state index in [4.69, 9.17) is 0 Å². The molecule has 1 atom stereocenters. The molecule has 1 unspecified atom stereocenters. The standard InChI is InChI=1S/C7H8BrO3P.2Na/c8-7(12(9,10)11)6-4-2-1-3-5-6;;/h1-5,7H,(H2,9,10,11);;/q;2*+1/p-2. The molecule has 0 heterocycles. The van der Waals surface area contributed by atoms with Crippen molar-refractivity contribution in [2.75, 3.05) is 0 Å². The number of alkyl halides is 1. The Kier molecular flexibility index (Phi) is 10.4. The Morgan fingerprint density at radius 3 is 1.93 bits per heavy atom. The molecule has 0 spiro atoms. The van der Waals surface area contributed by atoms with Crippen LogP contribution in [-0.4, -0.2) is 0 Å². The molecule has 3 nitrogen and oxygen atoms in total. The van der Waals surface area contributed by atoms with Crippen molar-refractivity contribution in [3.8, 4) is 0 Å². The van der Waals surface area contributed by atoms with Gasteiger partial charge in [-0.3, -0.25) is 0 Å². The summed E-state index contributed by atoms with van der Waals surface area (Å²) in [5.41, 5.74) is 0.464. The molecule has 1 rings (SSSR count). The SMILES string of the molecule is O=P([O-])([O-])C(Br)c1ccccc1.[Na+].[Na+]. The molecule has 0 aliphatic heterocycles. The van der Waals surface area contributed by atoms with Gasteiger partial charge in [0.05, 0.1) is 4.57 Å². The van der Waals surface area contributed by atoms with Gasteiger partial charge in [-0.2, -0.15) is 0 Å². The van der Waals surface area contributed by atoms with Crippen LogP contribution in [0.1, 0.15) is 10.1 Å². The summed E-state index contributed by atoms with van der Waals surface area (Å²) in [5.74, 6) is 0. The second kappa shape index (κ2) is 8.02. The van der Waals surface area contributed by atoms with E-state index in [-0.39, 0.29) is 59.1 Å². The largest absolute Gasteiger partial charge is 1.00 e. The molecule has 0 fully saturated rings. The van der Waals surface area contributed by atoms with Gasteiger partial charge in [-0.1, -0.05) is 46.3 Å². The fourth-order valence-corrected chi connectivity index (χ4v) is 1.64. The normalized spacial score (nSPS) is 12.2. The molecular weight excluding hydrogens is 289 g/mol. The van der Waals surface area contributed by atoms with Gasteiger partial charge in [-0.25, -0.2) is 0 Å². The van der Waals surface area contributed by atoms with Crippen molar-refractivity contribution in [3.05, 3.63) is 35.9 Å². The van der Waals surface area contributed by atoms with E-state index in [1.54, 1.807) is 30.3 Å². The van der Waals surface area contributed by atoms with Gasteiger partial charge in [-0.15, -0.1) is 0 Å². The van der Waals surface area contributed by atoms with Crippen molar-refractivity contribution >= 4 is 23.5 Å². The first-order valence-electron chi connectivity index (χ1n) is 3.22. The maximum absolute atomic E-state index is 10.6. The van der Waals surface area contributed by atoms with Crippen LogP contribution in [0.2, 0.25) is 0 Å². The predicted octanol–water partition coefficient (Wildman–Crippen LogP) is -5.00. The van der Waals surface area contributed by atoms with Crippen LogP contribution in [-0.2, 0) is 4.57 Å². The number of benzene rings is 1. The van der Waals surface area contributed by atoms with Crippen molar-refractivity contribution in [3.63, 3.8) is 0 Å². The van der Waals surface area contributed by atoms with E-state index >= 15 is 0 Å². The molecule has 0 saturated heterocycles. The quantitative estimate of drug-likeness (QED) is 0.312. The molecule has 14 heavy (non-hydrogen) atoms. The molecule has 1 aromatic carbocycles. The smallest absolute Gasteiger partial charge is 0.810 e. The Hall–Kier alpha value is 1.85. The number of hydrogen-bond acceptors (Lipinski definition) is 3. The van der Waals surface area contributed by atoms with Gasteiger partial charge in [-0.05, 0) is 13.2 Å². The minimum atomic E-state index is -4.56. The summed E-state index contributed by atoms with van der Waals surface area (Å²) in [6.07, 6.45) is 0. The maximum Gasteiger partial charge on any atom is 1.00 e. The summed E-state index contributed by atoms with van der Waals surface area (Å²) in [7, 11) is -4.56. The van der Waals surface area contributed by atoms with E-state index < -0.39 is 12.2 Å². The fourth-order valence-electron chi connectivity index (χ4n) is 0.794. The van der Waals surface area contributed by atoms with Crippen LogP contribution in [0.5, 0.6) is 0 Å². The Balaban J connectivity index is 0. The van der Waals surface area contributed by atoms with E-state index in [1.807, 2.05) is 0 Å². The summed E-state index contributed by atoms with van der Waals surface area (Å²) in [5, 5.41) is 0. The van der Waals surface area contributed by atoms with Gasteiger partial charge >= 0.3 is 59.1 Å². The Morgan fingerprint density at radius 2 is 1.57 bits per heavy atom. The third kappa shape index (κ3) is 5.80. The third-order valence-corrected chi connectivity index (χ3v) is 4.24. The fraction of sp³-hybridized carbons (Fsp3) is 0.143. The van der Waals surface area contributed by atoms with E-state index in [0.717, 1.165) is 0 Å². The average molecular weight is 295 g/mol. The molecule has 0 aliphatic carbocycles. The maximum atomic E-state index is 10.6. The number of hydrogen-bond donors (Lipinski definition) is 0. The molecule has 0 radical (unpaired) electrons. The summed E-state index contributed by atoms with van der Waals surface area (Å²) >= 11 is 2.82. The summed E-state index contributed by atoms with van der Waals surface area (Å²) in [4.78, 5) is 21.1. The van der Waals surface area contributed by atoms with Crippen LogP contribution in [0.15, 0.2) is 30.3 Å². The van der Waals surface area contributed by atoms with Crippen molar-refractivity contribution in [2.24, 2.45) is 0 Å². The van der Waals surface area contributed by atoms with Gasteiger partial charge < -0.3 is 14.4 Å². The number of rotatable bonds is 2. The van der Waals surface area contributed by atoms with E-state index in [2.05, 4.69) is 15.9 Å². The van der Waals surface area contributed by atoms with Gasteiger partial charge in [0, 0.05) is 0 Å². The predicted molar refractivity (Wildman–Crippen MR) is 45.7 cm³/mol. The minimum Gasteiger partial charge on any atom is -0.810 e. The third-order valence-electron chi connectivity index (χ3n) is 1.35. The zero-order chi connectivity index (χ0) is 9.19. The first-order chi connectivity index (χ1) is 5.52. The summed E-state index contributed by atoms with van der Waals surface area (Å²) < 4.78 is 9.44. The summed E-state index contributed by atoms with van der Waals surface area (Å²) in [6, 6.07) is 8.28. The molecule has 66 valence electrons. The molecule has 0 amide bonds. The van der Waals surface area contributed by atoms with Gasteiger partial charge in [0.15, 0.2) is 0 Å². The van der Waals surface area contributed by atoms with E-state index in [1.165, 1.54) is 0 Å². The first kappa shape index (κ1) is 18.2. The molecule has 0 aromatic heterocycles. The van der Waals surface area contributed by atoms with Crippen LogP contribution >= 0.6 is 23.5 Å². The topological polar surface area (TPSA) is 63.2 Å². The van der Waals surface area contributed by atoms with Gasteiger partial charge in [0.25, 0.3) is 0 Å². The van der Waals surface area contributed by atoms with Crippen molar-refractivity contribution in [2.45, 2.75) is 4.57 Å². The van der Waals surface area contributed by atoms with Gasteiger partial charge in [0.2, 0.25) is 0 Å². The zero-order valence-corrected chi connectivity index (χ0v) is 14.5. The van der Waals surface area contributed by atoms with Crippen LogP contribution in [0.4, 0.5) is 0 Å². The van der Waals surface area contributed by atoms with Crippen LogP contribution < -0.4 is 68.9 Å². The van der Waals surface area contributed by atoms with Crippen LogP contribution in [0, 0.1) is 0 Å². The average Bonchev–Trinajstić information content (AvgIpc) is 2.03. The molecule has 0 saturated carbocycles. The molecule has 1 aromatic rings. The van der Waals surface area contributed by atoms with Crippen molar-refractivity contribution in [1.82, 2.24) is 0 Å². The van der Waals surface area contributed by atoms with Crippen LogP contribution in [0.25, 0.3) is 0 Å². The first-order valence-corrected chi connectivity index (χ1v) is 5.75. The summed E-state index contributed by atoms with van der Waals surface area (Å²) in [6.45, 7) is 0. The zero-order valence-electron chi connectivity index (χ0n) is 8.01. The Bertz CT molecular complexity index is 303.